The second-order valence-electron chi connectivity index (χ2n) is 5.63. The summed E-state index contributed by atoms with van der Waals surface area (Å²) in [4.78, 5) is 18.4. The van der Waals surface area contributed by atoms with Crippen molar-refractivity contribution in [1.29, 1.82) is 0 Å². The molecule has 1 saturated heterocycles. The number of nitrogens with zero attached hydrogens (tertiary/aromatic N) is 2. The summed E-state index contributed by atoms with van der Waals surface area (Å²) in [5, 5.41) is 0. The van der Waals surface area contributed by atoms with Gasteiger partial charge in [-0.25, -0.2) is 0 Å². The Labute approximate surface area is 115 Å². The fraction of sp³-hybridized carbons (Fsp3) is 0.600. The third-order valence-corrected chi connectivity index (χ3v) is 4.05. The Bertz CT molecular complexity index is 420. The molecule has 0 saturated carbocycles. The van der Waals surface area contributed by atoms with Crippen LogP contribution in [-0.4, -0.2) is 28.9 Å². The molecule has 0 aromatic carbocycles. The predicted octanol–water partition coefficient (Wildman–Crippen LogP) is 2.05. The average molecular weight is 261 g/mol. The van der Waals surface area contributed by atoms with E-state index in [-0.39, 0.29) is 5.91 Å². The average Bonchev–Trinajstić information content (AvgIpc) is 2.46. The summed E-state index contributed by atoms with van der Waals surface area (Å²) in [6, 6.07) is 3.65. The highest BCUT2D eigenvalue weighted by molar-refractivity contribution is 5.92. The summed E-state index contributed by atoms with van der Waals surface area (Å²) in [5.74, 6) is 1.50. The van der Waals surface area contributed by atoms with Crippen LogP contribution >= 0.6 is 0 Å². The first-order valence-corrected chi connectivity index (χ1v) is 7.06. The van der Waals surface area contributed by atoms with Crippen LogP contribution in [0.25, 0.3) is 0 Å². The Morgan fingerprint density at radius 2 is 2.11 bits per heavy atom. The van der Waals surface area contributed by atoms with Gasteiger partial charge in [-0.2, -0.15) is 0 Å². The van der Waals surface area contributed by atoms with Crippen molar-refractivity contribution in [3.05, 3.63) is 29.6 Å². The third-order valence-electron chi connectivity index (χ3n) is 4.05. The van der Waals surface area contributed by atoms with E-state index in [1.807, 2.05) is 11.0 Å². The summed E-state index contributed by atoms with van der Waals surface area (Å²) in [7, 11) is 0. The maximum Gasteiger partial charge on any atom is 0.272 e. The van der Waals surface area contributed by atoms with Gasteiger partial charge in [0.05, 0.1) is 0 Å². The summed E-state index contributed by atoms with van der Waals surface area (Å²) in [6.45, 7) is 6.68. The van der Waals surface area contributed by atoms with Crippen molar-refractivity contribution in [2.45, 2.75) is 33.2 Å². The van der Waals surface area contributed by atoms with Gasteiger partial charge in [0, 0.05) is 25.8 Å². The van der Waals surface area contributed by atoms with E-state index in [1.54, 1.807) is 12.3 Å². The Balaban J connectivity index is 1.97. The maximum atomic E-state index is 12.3. The number of nitrogens with two attached hydrogens (primary N) is 1. The van der Waals surface area contributed by atoms with Crippen LogP contribution in [0.4, 0.5) is 0 Å². The molecule has 1 aliphatic rings. The Hall–Kier alpha value is -1.42. The van der Waals surface area contributed by atoms with Gasteiger partial charge in [-0.15, -0.1) is 0 Å². The van der Waals surface area contributed by atoms with Crippen molar-refractivity contribution in [3.8, 4) is 0 Å². The standard InChI is InChI=1S/C15H23N3O/c1-11(2)13-5-7-18(8-6-13)15(19)14-4-3-12(9-16)10-17-14/h3-4,10-11,13H,5-9,16H2,1-2H3. The number of hydrogen-bond donors (Lipinski definition) is 1. The van der Waals surface area contributed by atoms with Crippen LogP contribution in [0.15, 0.2) is 18.3 Å². The predicted molar refractivity (Wildman–Crippen MR) is 75.6 cm³/mol. The van der Waals surface area contributed by atoms with Gasteiger partial charge in [0.2, 0.25) is 0 Å². The molecule has 19 heavy (non-hydrogen) atoms. The molecule has 4 nitrogen and oxygen atoms in total. The molecule has 2 rings (SSSR count). The zero-order valence-electron chi connectivity index (χ0n) is 11.8. The molecule has 1 aliphatic heterocycles. The number of pyridine rings is 1. The molecule has 0 unspecified atom stereocenters. The van der Waals surface area contributed by atoms with Gasteiger partial charge in [0.15, 0.2) is 0 Å². The minimum absolute atomic E-state index is 0.0470. The molecule has 0 bridgehead atoms. The van der Waals surface area contributed by atoms with E-state index in [0.29, 0.717) is 18.2 Å². The number of hydrogen-bond acceptors (Lipinski definition) is 3. The summed E-state index contributed by atoms with van der Waals surface area (Å²) in [6.07, 6.45) is 3.89. The molecule has 1 amide bonds. The summed E-state index contributed by atoms with van der Waals surface area (Å²) in [5.41, 5.74) is 7.01. The van der Waals surface area contributed by atoms with Gasteiger partial charge < -0.3 is 10.6 Å². The van der Waals surface area contributed by atoms with Crippen molar-refractivity contribution in [2.75, 3.05) is 13.1 Å². The van der Waals surface area contributed by atoms with E-state index in [1.165, 1.54) is 0 Å². The molecule has 2 N–H and O–H groups in total. The van der Waals surface area contributed by atoms with Gasteiger partial charge >= 0.3 is 0 Å². The molecule has 1 fully saturated rings. The second-order valence-corrected chi connectivity index (χ2v) is 5.63. The van der Waals surface area contributed by atoms with E-state index in [2.05, 4.69) is 18.8 Å². The summed E-state index contributed by atoms with van der Waals surface area (Å²) >= 11 is 0. The zero-order valence-corrected chi connectivity index (χ0v) is 11.8. The van der Waals surface area contributed by atoms with Gasteiger partial charge in [0.1, 0.15) is 5.69 Å². The van der Waals surface area contributed by atoms with Crippen LogP contribution in [0, 0.1) is 11.8 Å². The van der Waals surface area contributed by atoms with Crippen molar-refractivity contribution >= 4 is 5.91 Å². The quantitative estimate of drug-likeness (QED) is 0.906. The van der Waals surface area contributed by atoms with E-state index >= 15 is 0 Å². The molecule has 0 radical (unpaired) electrons. The minimum atomic E-state index is 0.0470. The van der Waals surface area contributed by atoms with E-state index in [4.69, 9.17) is 5.73 Å². The first kappa shape index (κ1) is 14.0. The topological polar surface area (TPSA) is 59.2 Å². The van der Waals surface area contributed by atoms with Gasteiger partial charge in [0.25, 0.3) is 5.91 Å². The lowest BCUT2D eigenvalue weighted by Crippen LogP contribution is -2.39. The zero-order chi connectivity index (χ0) is 13.8. The number of amides is 1. The van der Waals surface area contributed by atoms with Crippen LogP contribution in [0.2, 0.25) is 0 Å². The van der Waals surface area contributed by atoms with E-state index in [0.717, 1.165) is 37.4 Å². The molecule has 0 atom stereocenters. The lowest BCUT2D eigenvalue weighted by atomic mass is 9.86. The largest absolute Gasteiger partial charge is 0.337 e. The van der Waals surface area contributed by atoms with E-state index < -0.39 is 0 Å². The Kier molecular flexibility index (Phi) is 4.53. The highest BCUT2D eigenvalue weighted by Gasteiger charge is 2.25. The number of carbonyl (C=O) groups excluding carboxylic acids is 1. The molecule has 2 heterocycles. The second kappa shape index (κ2) is 6.15. The van der Waals surface area contributed by atoms with Crippen molar-refractivity contribution in [1.82, 2.24) is 9.88 Å². The van der Waals surface area contributed by atoms with Crippen LogP contribution in [0.3, 0.4) is 0 Å². The van der Waals surface area contributed by atoms with Crippen LogP contribution < -0.4 is 5.73 Å². The monoisotopic (exact) mass is 261 g/mol. The first-order valence-electron chi connectivity index (χ1n) is 7.06. The van der Waals surface area contributed by atoms with Gasteiger partial charge in [-0.3, -0.25) is 9.78 Å². The first-order chi connectivity index (χ1) is 9.11. The lowest BCUT2D eigenvalue weighted by Gasteiger charge is -2.33. The van der Waals surface area contributed by atoms with Crippen molar-refractivity contribution < 1.29 is 4.79 Å². The fourth-order valence-corrected chi connectivity index (χ4v) is 2.60. The third kappa shape index (κ3) is 3.32. The van der Waals surface area contributed by atoms with Crippen LogP contribution in [-0.2, 0) is 6.54 Å². The Morgan fingerprint density at radius 3 is 2.58 bits per heavy atom. The van der Waals surface area contributed by atoms with Crippen LogP contribution in [0.5, 0.6) is 0 Å². The highest BCUT2D eigenvalue weighted by Crippen LogP contribution is 2.25. The lowest BCUT2D eigenvalue weighted by molar-refractivity contribution is 0.0662. The maximum absolute atomic E-state index is 12.3. The molecule has 1 aromatic rings. The number of aromatic nitrogens is 1. The number of likely N-dealkylation sites (tertiary alicyclic amines) is 1. The SMILES string of the molecule is CC(C)C1CCN(C(=O)c2ccc(CN)cn2)CC1. The van der Waals surface area contributed by atoms with E-state index in [9.17, 15) is 4.79 Å². The molecule has 104 valence electrons. The fourth-order valence-electron chi connectivity index (χ4n) is 2.60. The molecule has 4 heteroatoms. The van der Waals surface area contributed by atoms with Crippen LogP contribution in [0.1, 0.15) is 42.7 Å². The van der Waals surface area contributed by atoms with Gasteiger partial charge in [-0.1, -0.05) is 19.9 Å². The number of carbonyl (C=O) groups is 1. The Morgan fingerprint density at radius 1 is 1.42 bits per heavy atom. The molecule has 0 spiro atoms. The molecule has 0 aliphatic carbocycles. The number of rotatable bonds is 3. The van der Waals surface area contributed by atoms with Gasteiger partial charge in [-0.05, 0) is 36.3 Å². The molecular weight excluding hydrogens is 238 g/mol. The molecular formula is C15H23N3O. The van der Waals surface area contributed by atoms with Crippen molar-refractivity contribution in [3.63, 3.8) is 0 Å². The minimum Gasteiger partial charge on any atom is -0.337 e. The highest BCUT2D eigenvalue weighted by atomic mass is 16.2. The summed E-state index contributed by atoms with van der Waals surface area (Å²) < 4.78 is 0. The smallest absolute Gasteiger partial charge is 0.272 e. The van der Waals surface area contributed by atoms with Crippen molar-refractivity contribution in [2.24, 2.45) is 17.6 Å². The molecule has 1 aromatic heterocycles. The number of piperidine rings is 1. The normalized spacial score (nSPS) is 16.9.